The van der Waals surface area contributed by atoms with Crippen LogP contribution in [-0.4, -0.2) is 6.04 Å². The van der Waals surface area contributed by atoms with E-state index >= 15 is 0 Å². The first-order valence-corrected chi connectivity index (χ1v) is 5.37. The maximum Gasteiger partial charge on any atom is 0.0273 e. The highest BCUT2D eigenvalue weighted by Crippen LogP contribution is 2.18. The first-order valence-electron chi connectivity index (χ1n) is 5.37. The second-order valence-corrected chi connectivity index (χ2v) is 3.61. The minimum absolute atomic E-state index is 0.411. The van der Waals surface area contributed by atoms with Crippen molar-refractivity contribution in [1.29, 1.82) is 0 Å². The minimum Gasteiger partial charge on any atom is -0.271 e. The van der Waals surface area contributed by atoms with Crippen molar-refractivity contribution in [2.45, 2.75) is 52.0 Å². The van der Waals surface area contributed by atoms with Crippen LogP contribution in [0.15, 0.2) is 12.7 Å². The van der Waals surface area contributed by atoms with E-state index in [0.29, 0.717) is 12.0 Å². The maximum atomic E-state index is 5.51. The van der Waals surface area contributed by atoms with E-state index in [1.54, 1.807) is 0 Å². The van der Waals surface area contributed by atoms with Crippen LogP contribution in [0.4, 0.5) is 0 Å². The van der Waals surface area contributed by atoms with Gasteiger partial charge in [-0.1, -0.05) is 39.2 Å². The average molecular weight is 184 g/mol. The van der Waals surface area contributed by atoms with Crippen LogP contribution in [0.25, 0.3) is 0 Å². The fourth-order valence-electron chi connectivity index (χ4n) is 1.73. The Morgan fingerprint density at radius 1 is 1.46 bits per heavy atom. The fraction of sp³-hybridized carbons (Fsp3) is 0.818. The molecule has 0 rings (SSSR count). The van der Waals surface area contributed by atoms with E-state index < -0.39 is 0 Å². The van der Waals surface area contributed by atoms with Crippen LogP contribution in [0.3, 0.4) is 0 Å². The molecule has 0 saturated carbocycles. The summed E-state index contributed by atoms with van der Waals surface area (Å²) in [5.74, 6) is 6.21. The molecule has 2 nitrogen and oxygen atoms in total. The van der Waals surface area contributed by atoms with Gasteiger partial charge in [-0.25, -0.2) is 0 Å². The van der Waals surface area contributed by atoms with E-state index in [4.69, 9.17) is 5.84 Å². The number of hydrazine groups is 1. The van der Waals surface area contributed by atoms with Crippen molar-refractivity contribution >= 4 is 0 Å². The van der Waals surface area contributed by atoms with Crippen molar-refractivity contribution in [1.82, 2.24) is 5.43 Å². The Kier molecular flexibility index (Phi) is 8.05. The van der Waals surface area contributed by atoms with Gasteiger partial charge >= 0.3 is 0 Å². The zero-order chi connectivity index (χ0) is 10.1. The Hall–Kier alpha value is -0.340. The monoisotopic (exact) mass is 184 g/mol. The second-order valence-electron chi connectivity index (χ2n) is 3.61. The molecule has 0 aromatic heterocycles. The fourth-order valence-corrected chi connectivity index (χ4v) is 1.73. The molecule has 0 spiro atoms. The molecule has 0 saturated heterocycles. The van der Waals surface area contributed by atoms with Crippen LogP contribution in [0.1, 0.15) is 46.0 Å². The molecule has 3 N–H and O–H groups in total. The lowest BCUT2D eigenvalue weighted by molar-refractivity contribution is 0.322. The lowest BCUT2D eigenvalue weighted by atomic mass is 9.90. The highest BCUT2D eigenvalue weighted by molar-refractivity contribution is 4.81. The molecule has 0 aliphatic carbocycles. The maximum absolute atomic E-state index is 5.51. The van der Waals surface area contributed by atoms with E-state index in [2.05, 4.69) is 25.9 Å². The highest BCUT2D eigenvalue weighted by atomic mass is 15.2. The topological polar surface area (TPSA) is 38.0 Å². The molecule has 0 aromatic carbocycles. The molecule has 0 bridgehead atoms. The SMILES string of the molecule is C=CCC(NN)C(CC)CCCC. The Labute approximate surface area is 82.6 Å². The molecule has 0 heterocycles. The molecule has 78 valence electrons. The molecule has 0 aliphatic rings. The molecule has 0 fully saturated rings. The Morgan fingerprint density at radius 3 is 2.54 bits per heavy atom. The van der Waals surface area contributed by atoms with Gasteiger partial charge in [0, 0.05) is 6.04 Å². The Balaban J connectivity index is 3.91. The van der Waals surface area contributed by atoms with Gasteiger partial charge in [0.2, 0.25) is 0 Å². The number of hydrogen-bond acceptors (Lipinski definition) is 2. The number of rotatable bonds is 8. The summed E-state index contributed by atoms with van der Waals surface area (Å²) < 4.78 is 0. The van der Waals surface area contributed by atoms with Gasteiger partial charge in [0.15, 0.2) is 0 Å². The third kappa shape index (κ3) is 5.06. The zero-order valence-electron chi connectivity index (χ0n) is 9.05. The summed E-state index contributed by atoms with van der Waals surface area (Å²) in [6.45, 7) is 8.21. The minimum atomic E-state index is 0.411. The van der Waals surface area contributed by atoms with Crippen molar-refractivity contribution in [3.8, 4) is 0 Å². The van der Waals surface area contributed by atoms with Crippen LogP contribution >= 0.6 is 0 Å². The van der Waals surface area contributed by atoms with E-state index in [0.717, 1.165) is 6.42 Å². The molecule has 2 atom stereocenters. The van der Waals surface area contributed by atoms with Gasteiger partial charge < -0.3 is 0 Å². The predicted octanol–water partition coefficient (Wildman–Crippen LogP) is 2.61. The summed E-state index contributed by atoms with van der Waals surface area (Å²) in [4.78, 5) is 0. The van der Waals surface area contributed by atoms with E-state index in [1.165, 1.54) is 25.7 Å². The number of unbranched alkanes of at least 4 members (excludes halogenated alkanes) is 1. The zero-order valence-corrected chi connectivity index (χ0v) is 9.05. The first kappa shape index (κ1) is 12.7. The van der Waals surface area contributed by atoms with Crippen molar-refractivity contribution in [2.24, 2.45) is 11.8 Å². The van der Waals surface area contributed by atoms with Gasteiger partial charge in [0.05, 0.1) is 0 Å². The largest absolute Gasteiger partial charge is 0.271 e. The third-order valence-electron chi connectivity index (χ3n) is 2.66. The molecule has 0 aromatic rings. The van der Waals surface area contributed by atoms with Crippen molar-refractivity contribution in [3.05, 3.63) is 12.7 Å². The summed E-state index contributed by atoms with van der Waals surface area (Å²) in [6, 6.07) is 0.411. The third-order valence-corrected chi connectivity index (χ3v) is 2.66. The molecule has 2 heteroatoms. The van der Waals surface area contributed by atoms with Crippen LogP contribution in [0.2, 0.25) is 0 Å². The van der Waals surface area contributed by atoms with Crippen molar-refractivity contribution in [2.75, 3.05) is 0 Å². The Bertz CT molecular complexity index is 123. The standard InChI is InChI=1S/C11H24N2/c1-4-7-9-10(6-3)11(13-12)8-5-2/h5,10-11,13H,2,4,6-9,12H2,1,3H3. The first-order chi connectivity index (χ1) is 6.29. The summed E-state index contributed by atoms with van der Waals surface area (Å²) in [5, 5.41) is 0. The summed E-state index contributed by atoms with van der Waals surface area (Å²) in [7, 11) is 0. The molecular formula is C11H24N2. The second kappa shape index (κ2) is 8.27. The number of nitrogens with one attached hydrogen (secondary N) is 1. The molecular weight excluding hydrogens is 160 g/mol. The number of nitrogens with two attached hydrogens (primary N) is 1. The molecule has 0 aliphatic heterocycles. The van der Waals surface area contributed by atoms with Crippen molar-refractivity contribution in [3.63, 3.8) is 0 Å². The van der Waals surface area contributed by atoms with Crippen molar-refractivity contribution < 1.29 is 0 Å². The quantitative estimate of drug-likeness (QED) is 0.346. The average Bonchev–Trinajstić information content (AvgIpc) is 2.17. The molecule has 2 unspecified atom stereocenters. The predicted molar refractivity (Wildman–Crippen MR) is 59.2 cm³/mol. The van der Waals surface area contributed by atoms with Gasteiger partial charge in [-0.3, -0.25) is 11.3 Å². The summed E-state index contributed by atoms with van der Waals surface area (Å²) >= 11 is 0. The number of hydrogen-bond donors (Lipinski definition) is 2. The van der Waals surface area contributed by atoms with Crippen LogP contribution in [-0.2, 0) is 0 Å². The van der Waals surface area contributed by atoms with Gasteiger partial charge in [-0.15, -0.1) is 6.58 Å². The molecule has 0 amide bonds. The molecule has 0 radical (unpaired) electrons. The van der Waals surface area contributed by atoms with Gasteiger partial charge in [0.25, 0.3) is 0 Å². The van der Waals surface area contributed by atoms with E-state index in [-0.39, 0.29) is 0 Å². The van der Waals surface area contributed by atoms with E-state index in [1.807, 2.05) is 6.08 Å². The molecule has 13 heavy (non-hydrogen) atoms. The smallest absolute Gasteiger partial charge is 0.0273 e. The Morgan fingerprint density at radius 2 is 2.15 bits per heavy atom. The summed E-state index contributed by atoms with van der Waals surface area (Å²) in [5.41, 5.74) is 2.89. The highest BCUT2D eigenvalue weighted by Gasteiger charge is 2.16. The van der Waals surface area contributed by atoms with Gasteiger partial charge in [0.1, 0.15) is 0 Å². The van der Waals surface area contributed by atoms with E-state index in [9.17, 15) is 0 Å². The lowest BCUT2D eigenvalue weighted by Gasteiger charge is -2.24. The van der Waals surface area contributed by atoms with Gasteiger partial charge in [-0.2, -0.15) is 0 Å². The van der Waals surface area contributed by atoms with Crippen LogP contribution < -0.4 is 11.3 Å². The lowest BCUT2D eigenvalue weighted by Crippen LogP contribution is -2.40. The van der Waals surface area contributed by atoms with Gasteiger partial charge in [-0.05, 0) is 18.8 Å². The summed E-state index contributed by atoms with van der Waals surface area (Å²) in [6.07, 6.45) is 7.95. The van der Waals surface area contributed by atoms with Crippen LogP contribution in [0, 0.1) is 5.92 Å². The normalized spacial score (nSPS) is 15.3. The van der Waals surface area contributed by atoms with Crippen LogP contribution in [0.5, 0.6) is 0 Å².